The zero-order valence-electron chi connectivity index (χ0n) is 10.8. The first kappa shape index (κ1) is 13.9. The summed E-state index contributed by atoms with van der Waals surface area (Å²) < 4.78 is 4.94. The van der Waals surface area contributed by atoms with Gasteiger partial charge in [-0.05, 0) is 23.7 Å². The molecule has 1 aliphatic rings. The first-order valence-corrected chi connectivity index (χ1v) is 5.81. The Morgan fingerprint density at radius 2 is 2.35 bits per heavy atom. The van der Waals surface area contributed by atoms with Crippen LogP contribution in [0.25, 0.3) is 10.4 Å². The van der Waals surface area contributed by atoms with Crippen molar-refractivity contribution in [3.63, 3.8) is 0 Å². The quantitative estimate of drug-likeness (QED) is 0.254. The van der Waals surface area contributed by atoms with Crippen molar-refractivity contribution in [1.29, 1.82) is 0 Å². The molecule has 0 spiro atoms. The maximum Gasteiger partial charge on any atom is 0.251 e. The number of methoxy groups -OCH3 is 1. The number of phenols is 1. The van der Waals surface area contributed by atoms with Crippen LogP contribution in [0.15, 0.2) is 23.3 Å². The SMILES string of the molecule is COc1cc(C(=O)NCC2(CN=[N+]=[N-])NN2)ccc1O. The minimum absolute atomic E-state index is 0.0330. The van der Waals surface area contributed by atoms with Gasteiger partial charge in [0, 0.05) is 10.5 Å². The average molecular weight is 278 g/mol. The number of hydrogen-bond donors (Lipinski definition) is 4. The summed E-state index contributed by atoms with van der Waals surface area (Å²) in [5.74, 6) is -0.127. The van der Waals surface area contributed by atoms with E-state index < -0.39 is 5.66 Å². The molecule has 1 heterocycles. The van der Waals surface area contributed by atoms with E-state index in [1.165, 1.54) is 25.3 Å². The number of azide groups is 1. The second-order valence-electron chi connectivity index (χ2n) is 4.29. The van der Waals surface area contributed by atoms with Gasteiger partial charge in [-0.15, -0.1) is 0 Å². The molecule has 0 saturated carbocycles. The van der Waals surface area contributed by atoms with Crippen molar-refractivity contribution in [3.05, 3.63) is 34.2 Å². The third-order valence-corrected chi connectivity index (χ3v) is 2.88. The van der Waals surface area contributed by atoms with Crippen molar-refractivity contribution >= 4 is 5.91 Å². The Kier molecular flexibility index (Phi) is 3.94. The highest BCUT2D eigenvalue weighted by Gasteiger charge is 2.41. The highest BCUT2D eigenvalue weighted by Crippen LogP contribution is 2.26. The highest BCUT2D eigenvalue weighted by atomic mass is 16.5. The monoisotopic (exact) mass is 278 g/mol. The Bertz CT molecular complexity index is 565. The van der Waals surface area contributed by atoms with Gasteiger partial charge in [0.15, 0.2) is 11.5 Å². The van der Waals surface area contributed by atoms with E-state index in [9.17, 15) is 9.90 Å². The Labute approximate surface area is 114 Å². The van der Waals surface area contributed by atoms with Crippen LogP contribution in [0.5, 0.6) is 11.5 Å². The van der Waals surface area contributed by atoms with Crippen LogP contribution in [0, 0.1) is 0 Å². The number of benzene rings is 1. The zero-order valence-corrected chi connectivity index (χ0v) is 10.8. The lowest BCUT2D eigenvalue weighted by molar-refractivity contribution is 0.0949. The lowest BCUT2D eigenvalue weighted by Crippen LogP contribution is -2.39. The average Bonchev–Trinajstić information content (AvgIpc) is 3.23. The Morgan fingerprint density at radius 3 is 2.95 bits per heavy atom. The molecular weight excluding hydrogens is 264 g/mol. The summed E-state index contributed by atoms with van der Waals surface area (Å²) in [5, 5.41) is 15.6. The number of amides is 1. The number of carbonyl (C=O) groups excluding carboxylic acids is 1. The van der Waals surface area contributed by atoms with Gasteiger partial charge in [-0.1, -0.05) is 5.11 Å². The van der Waals surface area contributed by atoms with Gasteiger partial charge in [0.25, 0.3) is 5.91 Å². The van der Waals surface area contributed by atoms with Crippen LogP contribution in [-0.4, -0.2) is 36.9 Å². The second kappa shape index (κ2) is 5.66. The number of hydrazine groups is 1. The number of aromatic hydroxyl groups is 1. The van der Waals surface area contributed by atoms with Crippen molar-refractivity contribution in [2.24, 2.45) is 5.11 Å². The molecule has 0 aromatic heterocycles. The van der Waals surface area contributed by atoms with E-state index in [-0.39, 0.29) is 30.5 Å². The maximum atomic E-state index is 12.0. The van der Waals surface area contributed by atoms with Crippen LogP contribution in [0.1, 0.15) is 10.4 Å². The summed E-state index contributed by atoms with van der Waals surface area (Å²) in [5.41, 5.74) is 13.7. The Hall–Kier alpha value is -2.48. The molecule has 2 rings (SSSR count). The number of rotatable bonds is 6. The fourth-order valence-electron chi connectivity index (χ4n) is 1.62. The molecule has 0 bridgehead atoms. The number of hydrogen-bond acceptors (Lipinski definition) is 6. The smallest absolute Gasteiger partial charge is 0.251 e. The zero-order chi connectivity index (χ0) is 14.6. The molecule has 0 radical (unpaired) electrons. The molecule has 9 nitrogen and oxygen atoms in total. The Balaban J connectivity index is 1.97. The van der Waals surface area contributed by atoms with Gasteiger partial charge >= 0.3 is 0 Å². The maximum absolute atomic E-state index is 12.0. The molecule has 20 heavy (non-hydrogen) atoms. The minimum atomic E-state index is -0.580. The fourth-order valence-corrected chi connectivity index (χ4v) is 1.62. The van der Waals surface area contributed by atoms with E-state index >= 15 is 0 Å². The number of phenolic OH excluding ortho intramolecular Hbond substituents is 1. The predicted octanol–water partition coefficient (Wildman–Crippen LogP) is 0.245. The standard InChI is InChI=1S/C11H14N6O3/c1-20-9-4-7(2-3-8(9)18)10(19)13-5-11(15-16-11)6-14-17-12/h2-4,15-16,18H,5-6H2,1H3,(H,13,19). The molecule has 4 N–H and O–H groups in total. The molecule has 106 valence electrons. The van der Waals surface area contributed by atoms with Gasteiger partial charge in [-0.25, -0.2) is 10.9 Å². The van der Waals surface area contributed by atoms with Gasteiger partial charge < -0.3 is 15.2 Å². The minimum Gasteiger partial charge on any atom is -0.504 e. The molecule has 0 atom stereocenters. The van der Waals surface area contributed by atoms with Crippen LogP contribution in [0.4, 0.5) is 0 Å². The molecule has 1 fully saturated rings. The van der Waals surface area contributed by atoms with Crippen molar-refractivity contribution in [1.82, 2.24) is 16.2 Å². The first-order valence-electron chi connectivity index (χ1n) is 5.81. The second-order valence-corrected chi connectivity index (χ2v) is 4.29. The van der Waals surface area contributed by atoms with E-state index in [4.69, 9.17) is 10.3 Å². The third kappa shape index (κ3) is 3.09. The van der Waals surface area contributed by atoms with Crippen molar-refractivity contribution in [3.8, 4) is 11.5 Å². The molecule has 1 aromatic rings. The van der Waals surface area contributed by atoms with E-state index in [0.29, 0.717) is 5.56 Å². The Morgan fingerprint density at radius 1 is 1.60 bits per heavy atom. The van der Waals surface area contributed by atoms with E-state index in [1.54, 1.807) is 0 Å². The summed E-state index contributed by atoms with van der Waals surface area (Å²) in [6.45, 7) is 0.441. The van der Waals surface area contributed by atoms with E-state index in [1.807, 2.05) is 0 Å². The molecule has 1 saturated heterocycles. The van der Waals surface area contributed by atoms with Gasteiger partial charge in [0.1, 0.15) is 5.66 Å². The lowest BCUT2D eigenvalue weighted by Gasteiger charge is -2.11. The highest BCUT2D eigenvalue weighted by molar-refractivity contribution is 5.94. The molecular formula is C11H14N6O3. The summed E-state index contributed by atoms with van der Waals surface area (Å²) in [6, 6.07) is 4.32. The molecule has 1 amide bonds. The van der Waals surface area contributed by atoms with Gasteiger partial charge in [-0.2, -0.15) is 0 Å². The summed E-state index contributed by atoms with van der Waals surface area (Å²) in [6.07, 6.45) is 0. The number of ether oxygens (including phenoxy) is 1. The van der Waals surface area contributed by atoms with Crippen LogP contribution in [0.2, 0.25) is 0 Å². The summed E-state index contributed by atoms with van der Waals surface area (Å²) in [4.78, 5) is 14.6. The topological polar surface area (TPSA) is 151 Å². The van der Waals surface area contributed by atoms with Crippen molar-refractivity contribution in [2.45, 2.75) is 5.66 Å². The van der Waals surface area contributed by atoms with Gasteiger partial charge in [0.05, 0.1) is 20.2 Å². The number of nitrogens with zero attached hydrogens (tertiary/aromatic N) is 3. The molecule has 1 aliphatic heterocycles. The summed E-state index contributed by atoms with van der Waals surface area (Å²) >= 11 is 0. The normalized spacial score (nSPS) is 15.1. The van der Waals surface area contributed by atoms with Crippen LogP contribution < -0.4 is 20.9 Å². The molecule has 9 heteroatoms. The number of nitrogens with one attached hydrogen (secondary N) is 3. The summed E-state index contributed by atoms with van der Waals surface area (Å²) in [7, 11) is 1.41. The largest absolute Gasteiger partial charge is 0.504 e. The van der Waals surface area contributed by atoms with Gasteiger partial charge in [0.2, 0.25) is 0 Å². The van der Waals surface area contributed by atoms with Crippen molar-refractivity contribution < 1.29 is 14.6 Å². The van der Waals surface area contributed by atoms with E-state index in [0.717, 1.165) is 0 Å². The van der Waals surface area contributed by atoms with Gasteiger partial charge in [-0.3, -0.25) is 4.79 Å². The van der Waals surface area contributed by atoms with E-state index in [2.05, 4.69) is 26.2 Å². The van der Waals surface area contributed by atoms with Crippen molar-refractivity contribution in [2.75, 3.05) is 20.2 Å². The first-order chi connectivity index (χ1) is 9.60. The van der Waals surface area contributed by atoms with Crippen LogP contribution >= 0.6 is 0 Å². The number of carbonyl (C=O) groups is 1. The van der Waals surface area contributed by atoms with Crippen LogP contribution in [-0.2, 0) is 0 Å². The fraction of sp³-hybridized carbons (Fsp3) is 0.364. The third-order valence-electron chi connectivity index (χ3n) is 2.88. The van der Waals surface area contributed by atoms with Crippen LogP contribution in [0.3, 0.4) is 0 Å². The molecule has 0 unspecified atom stereocenters. The molecule has 1 aromatic carbocycles. The molecule has 0 aliphatic carbocycles. The predicted molar refractivity (Wildman–Crippen MR) is 70.0 cm³/mol. The lowest BCUT2D eigenvalue weighted by atomic mass is 10.1.